The molecule has 2 rings (SSSR count). The Kier molecular flexibility index (Phi) is 2.87. The molecular weight excluding hydrogens is 265 g/mol. The smallest absolute Gasteiger partial charge is 0.355 e. The summed E-state index contributed by atoms with van der Waals surface area (Å²) in [6.07, 6.45) is 0. The highest BCUT2D eigenvalue weighted by Crippen LogP contribution is 2.21. The van der Waals surface area contributed by atoms with Gasteiger partial charge in [-0.05, 0) is 12.1 Å². The van der Waals surface area contributed by atoms with Crippen LogP contribution in [0.1, 0.15) is 0 Å². The minimum Gasteiger partial charge on any atom is -0.476 e. The van der Waals surface area contributed by atoms with Gasteiger partial charge >= 0.3 is 11.2 Å². The number of carboxylic acids is 1. The SMILES string of the molecule is O=C(O)C1=CS(=O)(=O)C(Oc2ccccc2F)=N1. The molecule has 1 aliphatic rings. The lowest BCUT2D eigenvalue weighted by Crippen LogP contribution is -2.16. The van der Waals surface area contributed by atoms with E-state index in [0.29, 0.717) is 5.41 Å². The van der Waals surface area contributed by atoms with Crippen molar-refractivity contribution in [1.82, 2.24) is 0 Å². The first kappa shape index (κ1) is 12.2. The van der Waals surface area contributed by atoms with Crippen LogP contribution in [-0.2, 0) is 14.6 Å². The van der Waals surface area contributed by atoms with Gasteiger partial charge in [0.2, 0.25) is 0 Å². The summed E-state index contributed by atoms with van der Waals surface area (Å²) < 4.78 is 41.0. The largest absolute Gasteiger partial charge is 0.476 e. The number of halogens is 1. The highest BCUT2D eigenvalue weighted by Gasteiger charge is 2.31. The second kappa shape index (κ2) is 4.22. The molecule has 1 aliphatic heterocycles. The number of carbonyl (C=O) groups is 1. The fourth-order valence-corrected chi connectivity index (χ4v) is 2.17. The van der Waals surface area contributed by atoms with Crippen LogP contribution in [0.2, 0.25) is 0 Å². The lowest BCUT2D eigenvalue weighted by molar-refractivity contribution is -0.132. The summed E-state index contributed by atoms with van der Waals surface area (Å²) in [6.45, 7) is 0. The number of para-hydroxylation sites is 1. The van der Waals surface area contributed by atoms with E-state index in [9.17, 15) is 17.6 Å². The Balaban J connectivity index is 2.35. The molecule has 6 nitrogen and oxygen atoms in total. The van der Waals surface area contributed by atoms with Gasteiger partial charge in [-0.15, -0.1) is 0 Å². The maximum absolute atomic E-state index is 13.2. The van der Waals surface area contributed by atoms with E-state index in [0.717, 1.165) is 6.07 Å². The van der Waals surface area contributed by atoms with Crippen LogP contribution in [0.25, 0.3) is 0 Å². The highest BCUT2D eigenvalue weighted by molar-refractivity contribution is 8.08. The Bertz CT molecular complexity index is 677. The molecule has 94 valence electrons. The fraction of sp³-hybridized carbons (Fsp3) is 0. The summed E-state index contributed by atoms with van der Waals surface area (Å²) in [5, 5.41) is 8.21. The van der Waals surface area contributed by atoms with Crippen molar-refractivity contribution in [1.29, 1.82) is 0 Å². The molecule has 1 heterocycles. The number of sulfone groups is 1. The second-order valence-corrected chi connectivity index (χ2v) is 4.94. The molecule has 0 saturated heterocycles. The third kappa shape index (κ3) is 2.23. The topological polar surface area (TPSA) is 93.0 Å². The van der Waals surface area contributed by atoms with Crippen LogP contribution in [-0.4, -0.2) is 24.7 Å². The van der Waals surface area contributed by atoms with E-state index in [1.165, 1.54) is 18.2 Å². The van der Waals surface area contributed by atoms with Crippen molar-refractivity contribution in [3.8, 4) is 5.75 Å². The van der Waals surface area contributed by atoms with Crippen molar-refractivity contribution in [2.45, 2.75) is 0 Å². The number of hydrogen-bond acceptors (Lipinski definition) is 5. The number of nitrogens with zero attached hydrogens (tertiary/aromatic N) is 1. The van der Waals surface area contributed by atoms with Crippen LogP contribution in [0.15, 0.2) is 40.4 Å². The summed E-state index contributed by atoms with van der Waals surface area (Å²) in [4.78, 5) is 13.9. The van der Waals surface area contributed by atoms with Gasteiger partial charge in [0.15, 0.2) is 17.3 Å². The molecule has 18 heavy (non-hydrogen) atoms. The van der Waals surface area contributed by atoms with Crippen LogP contribution < -0.4 is 4.74 Å². The average Bonchev–Trinajstić information content (AvgIpc) is 2.58. The van der Waals surface area contributed by atoms with Crippen LogP contribution >= 0.6 is 0 Å². The molecule has 0 atom stereocenters. The number of aliphatic carboxylic acids is 1. The predicted octanol–water partition coefficient (Wildman–Crippen LogP) is 0.915. The lowest BCUT2D eigenvalue weighted by Gasteiger charge is -2.04. The van der Waals surface area contributed by atoms with Gasteiger partial charge in [-0.1, -0.05) is 12.1 Å². The molecule has 0 aromatic heterocycles. The van der Waals surface area contributed by atoms with Crippen LogP contribution in [0.4, 0.5) is 4.39 Å². The first-order valence-electron chi connectivity index (χ1n) is 4.61. The molecule has 0 saturated carbocycles. The zero-order chi connectivity index (χ0) is 13.3. The van der Waals surface area contributed by atoms with E-state index in [1.54, 1.807) is 0 Å². The van der Waals surface area contributed by atoms with Crippen molar-refractivity contribution >= 4 is 21.0 Å². The van der Waals surface area contributed by atoms with Crippen molar-refractivity contribution in [3.63, 3.8) is 0 Å². The number of rotatable bonds is 2. The quantitative estimate of drug-likeness (QED) is 0.863. The molecule has 1 aromatic rings. The van der Waals surface area contributed by atoms with Crippen molar-refractivity contribution in [2.75, 3.05) is 0 Å². The van der Waals surface area contributed by atoms with Gasteiger partial charge in [-0.2, -0.15) is 4.99 Å². The number of ether oxygens (including phenoxy) is 1. The van der Waals surface area contributed by atoms with E-state index in [2.05, 4.69) is 4.99 Å². The Morgan fingerprint density at radius 2 is 2.00 bits per heavy atom. The molecule has 1 aromatic carbocycles. The normalized spacial score (nSPS) is 16.9. The van der Waals surface area contributed by atoms with Gasteiger partial charge in [0.1, 0.15) is 0 Å². The standard InChI is InChI=1S/C10H6FNO5S/c11-6-3-1-2-4-8(6)17-10-12-7(9(13)14)5-18(10,15)16/h1-5H,(H,13,14). The number of hydrogen-bond donors (Lipinski definition) is 1. The Hall–Kier alpha value is -2.22. The first-order chi connectivity index (χ1) is 8.40. The molecule has 0 aliphatic carbocycles. The molecule has 0 fully saturated rings. The van der Waals surface area contributed by atoms with E-state index in [4.69, 9.17) is 9.84 Å². The molecule has 0 radical (unpaired) electrons. The number of aliphatic imine (C=N–C) groups is 1. The Labute approximate surface area is 101 Å². The van der Waals surface area contributed by atoms with Gasteiger partial charge in [0.25, 0.3) is 9.84 Å². The fourth-order valence-electron chi connectivity index (χ4n) is 1.19. The maximum Gasteiger partial charge on any atom is 0.355 e. The minimum absolute atomic E-state index is 0.347. The summed E-state index contributed by atoms with van der Waals surface area (Å²) in [5.74, 6) is -2.63. The van der Waals surface area contributed by atoms with Gasteiger partial charge < -0.3 is 9.84 Å². The molecule has 0 bridgehead atoms. The third-order valence-corrected chi connectivity index (χ3v) is 3.17. The second-order valence-electron chi connectivity index (χ2n) is 3.26. The van der Waals surface area contributed by atoms with Crippen molar-refractivity contribution < 1.29 is 27.4 Å². The predicted molar refractivity (Wildman–Crippen MR) is 59.1 cm³/mol. The molecule has 0 amide bonds. The zero-order valence-electron chi connectivity index (χ0n) is 8.70. The lowest BCUT2D eigenvalue weighted by atomic mass is 10.3. The van der Waals surface area contributed by atoms with E-state index in [1.807, 2.05) is 0 Å². The molecule has 8 heteroatoms. The van der Waals surface area contributed by atoms with Crippen LogP contribution in [0.5, 0.6) is 5.75 Å². The summed E-state index contributed by atoms with van der Waals surface area (Å²) in [6, 6.07) is 5.11. The van der Waals surface area contributed by atoms with Crippen molar-refractivity contribution in [2.24, 2.45) is 4.99 Å². The van der Waals surface area contributed by atoms with Gasteiger partial charge in [-0.3, -0.25) is 0 Å². The van der Waals surface area contributed by atoms with Gasteiger partial charge in [0, 0.05) is 0 Å². The Morgan fingerprint density at radius 3 is 2.56 bits per heavy atom. The van der Waals surface area contributed by atoms with E-state index < -0.39 is 32.6 Å². The monoisotopic (exact) mass is 271 g/mol. The molecule has 0 spiro atoms. The van der Waals surface area contributed by atoms with Crippen LogP contribution in [0, 0.1) is 5.82 Å². The third-order valence-electron chi connectivity index (χ3n) is 1.97. The average molecular weight is 271 g/mol. The first-order valence-corrected chi connectivity index (χ1v) is 6.16. The molecular formula is C10H6FNO5S. The highest BCUT2D eigenvalue weighted by atomic mass is 32.2. The minimum atomic E-state index is -4.08. The van der Waals surface area contributed by atoms with Crippen molar-refractivity contribution in [3.05, 3.63) is 41.2 Å². The van der Waals surface area contributed by atoms with E-state index in [-0.39, 0.29) is 5.75 Å². The van der Waals surface area contributed by atoms with Gasteiger partial charge in [-0.25, -0.2) is 17.6 Å². The summed E-state index contributed by atoms with van der Waals surface area (Å²) >= 11 is 0. The van der Waals surface area contributed by atoms with Gasteiger partial charge in [0.05, 0.1) is 5.41 Å². The summed E-state index contributed by atoms with van der Waals surface area (Å²) in [5.41, 5.74) is -0.679. The van der Waals surface area contributed by atoms with Crippen LogP contribution in [0.3, 0.4) is 0 Å². The number of carboxylic acid groups (broad SMARTS) is 1. The zero-order valence-corrected chi connectivity index (χ0v) is 9.52. The summed E-state index contributed by atoms with van der Waals surface area (Å²) in [7, 11) is -4.08. The Morgan fingerprint density at radius 1 is 1.33 bits per heavy atom. The number of benzene rings is 1. The maximum atomic E-state index is 13.2. The molecule has 1 N–H and O–H groups in total. The van der Waals surface area contributed by atoms with E-state index >= 15 is 0 Å². The molecule has 0 unspecified atom stereocenters.